The van der Waals surface area contributed by atoms with Gasteiger partial charge in [-0.1, -0.05) is 12.8 Å². The number of nitrogens with two attached hydrogens (primary N) is 1. The summed E-state index contributed by atoms with van der Waals surface area (Å²) in [4.78, 5) is 14.9. The van der Waals surface area contributed by atoms with Crippen LogP contribution >= 0.6 is 0 Å². The highest BCUT2D eigenvalue weighted by molar-refractivity contribution is 5.95. The number of hydrogen-bond acceptors (Lipinski definition) is 6. The van der Waals surface area contributed by atoms with Gasteiger partial charge < -0.3 is 20.3 Å². The lowest BCUT2D eigenvalue weighted by atomic mass is 10.1. The summed E-state index contributed by atoms with van der Waals surface area (Å²) in [6, 6.07) is 2.08. The average Bonchev–Trinajstić information content (AvgIpc) is 3.13. The fraction of sp³-hybridized carbons (Fsp3) is 0.458. The lowest BCUT2D eigenvalue weighted by Gasteiger charge is -2.33. The molecule has 4 rings (SSSR count). The third kappa shape index (κ3) is 4.74. The molecule has 0 spiro atoms. The third-order valence-electron chi connectivity index (χ3n) is 5.65. The number of piperidine rings is 1. The average molecular weight is 437 g/mol. The van der Waals surface area contributed by atoms with E-state index in [1.165, 1.54) is 0 Å². The summed E-state index contributed by atoms with van der Waals surface area (Å²) in [5.41, 5.74) is 6.82. The first-order chi connectivity index (χ1) is 15.2. The lowest BCUT2D eigenvalue weighted by Crippen LogP contribution is -2.36. The molecule has 32 heavy (non-hydrogen) atoms. The number of nitrogens with zero attached hydrogens (tertiary/aromatic N) is 5. The van der Waals surface area contributed by atoms with Gasteiger partial charge in [0.2, 0.25) is 5.95 Å². The Morgan fingerprint density at radius 2 is 2.12 bits per heavy atom. The summed E-state index contributed by atoms with van der Waals surface area (Å²) in [7, 11) is 0. The number of fused-ring (bicyclic) bond motifs is 1. The Kier molecular flexibility index (Phi) is 6.13. The van der Waals surface area contributed by atoms with Gasteiger partial charge in [0.05, 0.1) is 17.9 Å². The number of likely N-dealkylation sites (tertiary alicyclic amines) is 1. The Hall–Kier alpha value is -3.02. The first-order valence-corrected chi connectivity index (χ1v) is 11.0. The van der Waals surface area contributed by atoms with E-state index in [4.69, 9.17) is 5.73 Å². The minimum atomic E-state index is -1.14. The second-order valence-electron chi connectivity index (χ2n) is 8.87. The Morgan fingerprint density at radius 3 is 2.88 bits per heavy atom. The fourth-order valence-electron chi connectivity index (χ4n) is 4.27. The zero-order valence-corrected chi connectivity index (χ0v) is 18.8. The highest BCUT2D eigenvalue weighted by Crippen LogP contribution is 2.35. The predicted molar refractivity (Wildman–Crippen MR) is 123 cm³/mol. The number of anilines is 1. The molecule has 0 aliphatic carbocycles. The van der Waals surface area contributed by atoms with Crippen LogP contribution in [-0.4, -0.2) is 54.8 Å². The Balaban J connectivity index is 1.86. The third-order valence-corrected chi connectivity index (χ3v) is 5.65. The Bertz CT molecular complexity index is 1180. The smallest absolute Gasteiger partial charge is 0.220 e. The van der Waals surface area contributed by atoms with Crippen LogP contribution in [0.1, 0.15) is 51.8 Å². The Morgan fingerprint density at radius 1 is 1.31 bits per heavy atom. The molecule has 1 saturated heterocycles. The second-order valence-corrected chi connectivity index (χ2v) is 8.87. The van der Waals surface area contributed by atoms with E-state index in [-0.39, 0.29) is 17.7 Å². The lowest BCUT2D eigenvalue weighted by molar-refractivity contribution is 0.143. The first-order valence-electron chi connectivity index (χ1n) is 11.0. The van der Waals surface area contributed by atoms with Gasteiger partial charge in [0.15, 0.2) is 5.82 Å². The number of aromatic nitrogens is 4. The van der Waals surface area contributed by atoms with Crippen molar-refractivity contribution in [1.82, 2.24) is 24.4 Å². The Labute approximate surface area is 187 Å². The van der Waals surface area contributed by atoms with Gasteiger partial charge in [-0.05, 0) is 58.2 Å². The molecule has 1 aliphatic heterocycles. The largest absolute Gasteiger partial charge is 0.378 e. The zero-order chi connectivity index (χ0) is 22.9. The van der Waals surface area contributed by atoms with Crippen LogP contribution in [0.5, 0.6) is 0 Å². The molecule has 4 heterocycles. The summed E-state index contributed by atoms with van der Waals surface area (Å²) in [6.07, 6.45) is 8.08. The molecule has 3 N–H and O–H groups in total. The van der Waals surface area contributed by atoms with Gasteiger partial charge in [-0.15, -0.1) is 0 Å². The molecule has 1 unspecified atom stereocenters. The number of nitrogen functional groups attached to an aromatic ring is 1. The van der Waals surface area contributed by atoms with Crippen LogP contribution in [0.4, 0.5) is 10.3 Å². The van der Waals surface area contributed by atoms with Crippen molar-refractivity contribution < 1.29 is 9.50 Å². The van der Waals surface area contributed by atoms with Gasteiger partial charge in [-0.3, -0.25) is 0 Å². The molecule has 1 atom stereocenters. The van der Waals surface area contributed by atoms with Crippen LogP contribution in [0.3, 0.4) is 0 Å². The van der Waals surface area contributed by atoms with Gasteiger partial charge >= 0.3 is 0 Å². The molecule has 1 fully saturated rings. The maximum Gasteiger partial charge on any atom is 0.220 e. The summed E-state index contributed by atoms with van der Waals surface area (Å²) in [5, 5.41) is 10.7. The van der Waals surface area contributed by atoms with Crippen molar-refractivity contribution in [2.75, 3.05) is 25.4 Å². The van der Waals surface area contributed by atoms with Crippen LogP contribution in [0.2, 0.25) is 0 Å². The highest BCUT2D eigenvalue weighted by atomic mass is 19.1. The quantitative estimate of drug-likeness (QED) is 0.609. The summed E-state index contributed by atoms with van der Waals surface area (Å²) < 4.78 is 16.9. The van der Waals surface area contributed by atoms with E-state index in [1.54, 1.807) is 20.0 Å². The molecular formula is C24H29FN6O. The van der Waals surface area contributed by atoms with Gasteiger partial charge in [-0.2, -0.15) is 0 Å². The van der Waals surface area contributed by atoms with Crippen molar-refractivity contribution in [1.29, 1.82) is 0 Å². The molecule has 168 valence electrons. The summed E-state index contributed by atoms with van der Waals surface area (Å²) in [6.45, 7) is 8.52. The zero-order valence-electron chi connectivity index (χ0n) is 18.8. The van der Waals surface area contributed by atoms with E-state index in [0.29, 0.717) is 11.3 Å². The minimum absolute atomic E-state index is 0.0187. The fourth-order valence-corrected chi connectivity index (χ4v) is 4.27. The van der Waals surface area contributed by atoms with Crippen LogP contribution < -0.4 is 5.73 Å². The van der Waals surface area contributed by atoms with Crippen LogP contribution in [0.15, 0.2) is 24.7 Å². The van der Waals surface area contributed by atoms with E-state index in [2.05, 4.69) is 43.2 Å². The number of halogens is 1. The maximum absolute atomic E-state index is 14.7. The normalized spacial score (nSPS) is 17.3. The summed E-state index contributed by atoms with van der Waals surface area (Å²) >= 11 is 0. The maximum atomic E-state index is 14.7. The number of rotatable bonds is 4. The van der Waals surface area contributed by atoms with Crippen molar-refractivity contribution >= 4 is 16.9 Å². The van der Waals surface area contributed by atoms with Crippen LogP contribution in [-0.2, 0) is 0 Å². The number of pyridine rings is 1. The predicted octanol–water partition coefficient (Wildman–Crippen LogP) is 3.38. The van der Waals surface area contributed by atoms with Gasteiger partial charge in [0.1, 0.15) is 17.0 Å². The molecule has 0 radical (unpaired) electrons. The van der Waals surface area contributed by atoms with Crippen LogP contribution in [0, 0.1) is 17.7 Å². The molecule has 3 aromatic heterocycles. The monoisotopic (exact) mass is 436 g/mol. The van der Waals surface area contributed by atoms with Crippen molar-refractivity contribution in [3.05, 3.63) is 36.2 Å². The van der Waals surface area contributed by atoms with Crippen molar-refractivity contribution in [2.24, 2.45) is 0 Å². The standard InChI is InChI=1S/C24H29FN6O/c1-4-9-30-10-5-6-17(14-30)31-15-19(22-20(25)12-28-23(26)29-22)18-11-16(27-13-21(18)31)7-8-24(2,3)32/h11-13,15,17,32H,4-6,9-10,14H2,1-3H3,(H2,26,28,29). The van der Waals surface area contributed by atoms with E-state index in [9.17, 15) is 9.50 Å². The minimum Gasteiger partial charge on any atom is -0.378 e. The van der Waals surface area contributed by atoms with E-state index >= 15 is 0 Å². The molecule has 1 aliphatic rings. The van der Waals surface area contributed by atoms with Gasteiger partial charge in [0.25, 0.3) is 0 Å². The van der Waals surface area contributed by atoms with Gasteiger partial charge in [-0.25, -0.2) is 19.3 Å². The van der Waals surface area contributed by atoms with E-state index in [0.717, 1.165) is 56.0 Å². The first kappa shape index (κ1) is 22.2. The number of aliphatic hydroxyl groups is 1. The summed E-state index contributed by atoms with van der Waals surface area (Å²) in [5.74, 6) is 5.18. The molecule has 0 saturated carbocycles. The molecule has 0 aromatic carbocycles. The van der Waals surface area contributed by atoms with E-state index < -0.39 is 11.4 Å². The highest BCUT2D eigenvalue weighted by Gasteiger charge is 2.25. The molecule has 0 bridgehead atoms. The number of hydrogen-bond donors (Lipinski definition) is 2. The van der Waals surface area contributed by atoms with Crippen molar-refractivity contribution in [3.8, 4) is 23.1 Å². The van der Waals surface area contributed by atoms with Crippen LogP contribution in [0.25, 0.3) is 22.2 Å². The van der Waals surface area contributed by atoms with E-state index in [1.807, 2.05) is 12.3 Å². The molecule has 7 nitrogen and oxygen atoms in total. The topological polar surface area (TPSA) is 93.1 Å². The molecule has 3 aromatic rings. The van der Waals surface area contributed by atoms with Gasteiger partial charge in [0, 0.05) is 29.7 Å². The molecule has 0 amide bonds. The SMILES string of the molecule is CCCN1CCCC(n2cc(-c3nc(N)ncc3F)c3cc(C#CC(C)(C)O)ncc32)C1. The van der Waals surface area contributed by atoms with Crippen molar-refractivity contribution in [2.45, 2.75) is 51.7 Å². The van der Waals surface area contributed by atoms with Crippen molar-refractivity contribution in [3.63, 3.8) is 0 Å². The second kappa shape index (κ2) is 8.85. The molecular weight excluding hydrogens is 407 g/mol. The molecule has 8 heteroatoms.